The predicted molar refractivity (Wildman–Crippen MR) is 80.2 cm³/mol. The Labute approximate surface area is 128 Å². The van der Waals surface area contributed by atoms with Gasteiger partial charge < -0.3 is 14.9 Å². The Morgan fingerprint density at radius 2 is 2.23 bits per heavy atom. The second-order valence-corrected chi connectivity index (χ2v) is 5.66. The SMILES string of the molecule is Cc1noc(-c2ccccc2C(=O)NCC2CCCC2O)n1. The van der Waals surface area contributed by atoms with Crippen LogP contribution in [0.5, 0.6) is 0 Å². The van der Waals surface area contributed by atoms with Gasteiger partial charge in [-0.25, -0.2) is 0 Å². The summed E-state index contributed by atoms with van der Waals surface area (Å²) in [5.41, 5.74) is 1.12. The highest BCUT2D eigenvalue weighted by Gasteiger charge is 2.26. The monoisotopic (exact) mass is 301 g/mol. The molecule has 2 atom stereocenters. The minimum Gasteiger partial charge on any atom is -0.393 e. The van der Waals surface area contributed by atoms with Gasteiger partial charge in [0.15, 0.2) is 5.82 Å². The van der Waals surface area contributed by atoms with E-state index < -0.39 is 0 Å². The van der Waals surface area contributed by atoms with Gasteiger partial charge in [0.1, 0.15) is 0 Å². The molecule has 1 amide bonds. The summed E-state index contributed by atoms with van der Waals surface area (Å²) in [5.74, 6) is 0.816. The zero-order valence-corrected chi connectivity index (χ0v) is 12.5. The summed E-state index contributed by atoms with van der Waals surface area (Å²) < 4.78 is 5.16. The van der Waals surface area contributed by atoms with Gasteiger partial charge in [0, 0.05) is 12.5 Å². The van der Waals surface area contributed by atoms with Gasteiger partial charge in [-0.3, -0.25) is 4.79 Å². The largest absolute Gasteiger partial charge is 0.393 e. The van der Waals surface area contributed by atoms with Crippen molar-refractivity contribution in [2.75, 3.05) is 6.54 Å². The van der Waals surface area contributed by atoms with Gasteiger partial charge in [0.05, 0.1) is 17.2 Å². The van der Waals surface area contributed by atoms with Crippen molar-refractivity contribution < 1.29 is 14.4 Å². The lowest BCUT2D eigenvalue weighted by Gasteiger charge is -2.15. The lowest BCUT2D eigenvalue weighted by Crippen LogP contribution is -2.32. The highest BCUT2D eigenvalue weighted by Crippen LogP contribution is 2.25. The lowest BCUT2D eigenvalue weighted by atomic mass is 10.0. The van der Waals surface area contributed by atoms with E-state index in [1.807, 2.05) is 6.07 Å². The zero-order valence-electron chi connectivity index (χ0n) is 12.5. The first-order valence-corrected chi connectivity index (χ1v) is 7.51. The van der Waals surface area contributed by atoms with Gasteiger partial charge in [-0.1, -0.05) is 23.7 Å². The zero-order chi connectivity index (χ0) is 15.5. The first-order chi connectivity index (χ1) is 10.6. The van der Waals surface area contributed by atoms with Crippen LogP contribution in [-0.2, 0) is 0 Å². The van der Waals surface area contributed by atoms with Crippen LogP contribution in [0.1, 0.15) is 35.4 Å². The fourth-order valence-electron chi connectivity index (χ4n) is 2.85. The third kappa shape index (κ3) is 3.01. The highest BCUT2D eigenvalue weighted by molar-refractivity contribution is 5.99. The molecule has 1 fully saturated rings. The van der Waals surface area contributed by atoms with Crippen molar-refractivity contribution in [1.82, 2.24) is 15.5 Å². The van der Waals surface area contributed by atoms with E-state index in [0.29, 0.717) is 29.4 Å². The Morgan fingerprint density at radius 3 is 2.91 bits per heavy atom. The molecule has 2 N–H and O–H groups in total. The van der Waals surface area contributed by atoms with Gasteiger partial charge in [-0.15, -0.1) is 0 Å². The van der Waals surface area contributed by atoms with Gasteiger partial charge in [-0.05, 0) is 31.9 Å². The van der Waals surface area contributed by atoms with Crippen LogP contribution in [0.3, 0.4) is 0 Å². The van der Waals surface area contributed by atoms with Crippen LogP contribution in [-0.4, -0.2) is 33.8 Å². The molecule has 6 heteroatoms. The van der Waals surface area contributed by atoms with Crippen molar-refractivity contribution in [3.8, 4) is 11.5 Å². The number of nitrogens with one attached hydrogen (secondary N) is 1. The van der Waals surface area contributed by atoms with Crippen molar-refractivity contribution in [3.05, 3.63) is 35.7 Å². The lowest BCUT2D eigenvalue weighted by molar-refractivity contribution is 0.0917. The normalized spacial score (nSPS) is 21.0. The van der Waals surface area contributed by atoms with Crippen LogP contribution in [0.15, 0.2) is 28.8 Å². The Morgan fingerprint density at radius 1 is 1.41 bits per heavy atom. The maximum Gasteiger partial charge on any atom is 0.258 e. The van der Waals surface area contributed by atoms with Crippen molar-refractivity contribution in [1.29, 1.82) is 0 Å². The smallest absolute Gasteiger partial charge is 0.258 e. The average molecular weight is 301 g/mol. The molecular weight excluding hydrogens is 282 g/mol. The standard InChI is InChI=1S/C16H19N3O3/c1-10-18-16(22-19-10)13-7-3-2-6-12(13)15(21)17-9-11-5-4-8-14(11)20/h2-3,6-7,11,14,20H,4-5,8-9H2,1H3,(H,17,21). The molecule has 0 spiro atoms. The second-order valence-electron chi connectivity index (χ2n) is 5.66. The molecule has 1 saturated carbocycles. The Hall–Kier alpha value is -2.21. The maximum atomic E-state index is 12.4. The molecule has 1 aromatic heterocycles. The highest BCUT2D eigenvalue weighted by atomic mass is 16.5. The summed E-state index contributed by atoms with van der Waals surface area (Å²) in [4.78, 5) is 16.6. The minimum absolute atomic E-state index is 0.141. The number of carbonyl (C=O) groups excluding carboxylic acids is 1. The number of rotatable bonds is 4. The van der Waals surface area contributed by atoms with Crippen LogP contribution in [0.4, 0.5) is 0 Å². The molecule has 1 aliphatic carbocycles. The Bertz CT molecular complexity index is 668. The van der Waals surface area contributed by atoms with Crippen LogP contribution < -0.4 is 5.32 Å². The number of aliphatic hydroxyl groups excluding tert-OH is 1. The molecule has 6 nitrogen and oxygen atoms in total. The van der Waals surface area contributed by atoms with E-state index in [1.54, 1.807) is 25.1 Å². The molecule has 1 heterocycles. The van der Waals surface area contributed by atoms with Gasteiger partial charge in [0.2, 0.25) is 0 Å². The number of benzene rings is 1. The topological polar surface area (TPSA) is 88.2 Å². The third-order valence-electron chi connectivity index (χ3n) is 4.07. The van der Waals surface area contributed by atoms with E-state index in [-0.39, 0.29) is 17.9 Å². The summed E-state index contributed by atoms with van der Waals surface area (Å²) in [7, 11) is 0. The predicted octanol–water partition coefficient (Wildman–Crippen LogP) is 1.94. The average Bonchev–Trinajstić information content (AvgIpc) is 3.13. The number of aliphatic hydroxyl groups is 1. The molecule has 2 aromatic rings. The maximum absolute atomic E-state index is 12.4. The van der Waals surface area contributed by atoms with Gasteiger partial charge in [0.25, 0.3) is 11.8 Å². The molecule has 116 valence electrons. The minimum atomic E-state index is -0.311. The third-order valence-corrected chi connectivity index (χ3v) is 4.07. The molecule has 0 saturated heterocycles. The van der Waals surface area contributed by atoms with Crippen molar-refractivity contribution in [2.24, 2.45) is 5.92 Å². The molecule has 3 rings (SSSR count). The number of amides is 1. The molecule has 22 heavy (non-hydrogen) atoms. The van der Waals surface area contributed by atoms with E-state index in [2.05, 4.69) is 15.5 Å². The molecule has 0 aliphatic heterocycles. The number of hydrogen-bond donors (Lipinski definition) is 2. The van der Waals surface area contributed by atoms with Gasteiger partial charge in [-0.2, -0.15) is 4.98 Å². The van der Waals surface area contributed by atoms with E-state index in [4.69, 9.17) is 4.52 Å². The summed E-state index contributed by atoms with van der Waals surface area (Å²) in [6.07, 6.45) is 2.47. The van der Waals surface area contributed by atoms with Crippen LogP contribution in [0.25, 0.3) is 11.5 Å². The van der Waals surface area contributed by atoms with Crippen LogP contribution >= 0.6 is 0 Å². The molecule has 1 aromatic carbocycles. The van der Waals surface area contributed by atoms with Crippen LogP contribution in [0.2, 0.25) is 0 Å². The second kappa shape index (κ2) is 6.27. The summed E-state index contributed by atoms with van der Waals surface area (Å²) in [5, 5.41) is 16.5. The summed E-state index contributed by atoms with van der Waals surface area (Å²) in [6, 6.07) is 7.14. The number of nitrogens with zero attached hydrogens (tertiary/aromatic N) is 2. The first kappa shape index (κ1) is 14.7. The van der Waals surface area contributed by atoms with Crippen molar-refractivity contribution >= 4 is 5.91 Å². The number of aryl methyl sites for hydroxylation is 1. The molecule has 0 radical (unpaired) electrons. The Balaban J connectivity index is 1.75. The molecular formula is C16H19N3O3. The van der Waals surface area contributed by atoms with Gasteiger partial charge >= 0.3 is 0 Å². The fraction of sp³-hybridized carbons (Fsp3) is 0.438. The quantitative estimate of drug-likeness (QED) is 0.901. The first-order valence-electron chi connectivity index (χ1n) is 7.51. The number of hydrogen-bond acceptors (Lipinski definition) is 5. The Kier molecular flexibility index (Phi) is 4.20. The van der Waals surface area contributed by atoms with E-state index >= 15 is 0 Å². The molecule has 1 aliphatic rings. The number of carbonyl (C=O) groups is 1. The van der Waals surface area contributed by atoms with E-state index in [0.717, 1.165) is 19.3 Å². The van der Waals surface area contributed by atoms with Crippen molar-refractivity contribution in [3.63, 3.8) is 0 Å². The van der Waals surface area contributed by atoms with Crippen molar-refractivity contribution in [2.45, 2.75) is 32.3 Å². The molecule has 0 bridgehead atoms. The van der Waals surface area contributed by atoms with E-state index in [1.165, 1.54) is 0 Å². The molecule has 2 unspecified atom stereocenters. The summed E-state index contributed by atoms with van der Waals surface area (Å²) >= 11 is 0. The van der Waals surface area contributed by atoms with Crippen LogP contribution in [0, 0.1) is 12.8 Å². The number of aromatic nitrogens is 2. The van der Waals surface area contributed by atoms with E-state index in [9.17, 15) is 9.90 Å². The summed E-state index contributed by atoms with van der Waals surface area (Å²) in [6.45, 7) is 2.22. The fourth-order valence-corrected chi connectivity index (χ4v) is 2.85.